The molecule has 3 amide bonds. The van der Waals surface area contributed by atoms with Crippen LogP contribution in [-0.2, 0) is 36.8 Å². The van der Waals surface area contributed by atoms with E-state index in [2.05, 4.69) is 25.9 Å². The second-order valence-electron chi connectivity index (χ2n) is 8.39. The van der Waals surface area contributed by atoms with Gasteiger partial charge in [0.1, 0.15) is 29.9 Å². The van der Waals surface area contributed by atoms with E-state index in [0.717, 1.165) is 0 Å². The summed E-state index contributed by atoms with van der Waals surface area (Å²) in [4.78, 5) is 67.7. The van der Waals surface area contributed by atoms with Gasteiger partial charge in [0.15, 0.2) is 0 Å². The Balaban J connectivity index is 2.23. The largest absolute Gasteiger partial charge is 0.508 e. The number of carbonyl (C=O) groups is 5. The number of aliphatic hydroxyl groups excluding tert-OH is 1. The molecule has 0 fully saturated rings. The second-order valence-corrected chi connectivity index (χ2v) is 8.39. The zero-order chi connectivity index (χ0) is 28.2. The molecule has 38 heavy (non-hydrogen) atoms. The fraction of sp³-hybridized carbons (Fsp3) is 0.391. The van der Waals surface area contributed by atoms with Crippen molar-refractivity contribution in [1.29, 1.82) is 0 Å². The Morgan fingerprint density at radius 1 is 0.895 bits per heavy atom. The van der Waals surface area contributed by atoms with Crippen LogP contribution in [0.25, 0.3) is 0 Å². The highest BCUT2D eigenvalue weighted by Gasteiger charge is 2.31. The van der Waals surface area contributed by atoms with E-state index in [1.165, 1.54) is 36.8 Å². The molecule has 15 heteroatoms. The predicted molar refractivity (Wildman–Crippen MR) is 129 cm³/mol. The summed E-state index contributed by atoms with van der Waals surface area (Å²) >= 11 is 0. The molecular weight excluding hydrogens is 504 g/mol. The van der Waals surface area contributed by atoms with Crippen LogP contribution < -0.4 is 21.7 Å². The number of carboxylic acids is 2. The first-order valence-electron chi connectivity index (χ1n) is 11.5. The highest BCUT2D eigenvalue weighted by molar-refractivity contribution is 5.94. The number of phenolic OH excluding ortho intramolecular Hbond substituents is 1. The van der Waals surface area contributed by atoms with E-state index in [9.17, 15) is 34.2 Å². The number of aromatic hydroxyl groups is 1. The Kier molecular flexibility index (Phi) is 11.2. The first kappa shape index (κ1) is 29.7. The SMILES string of the molecule is NC(CO)C(=O)NC(Cc1ccc(O)cc1)C(=O)NC(CCC(=O)O)C(=O)NC(Cc1cnc[nH]1)C(=O)O. The van der Waals surface area contributed by atoms with E-state index in [-0.39, 0.29) is 25.0 Å². The van der Waals surface area contributed by atoms with Crippen molar-refractivity contribution in [3.8, 4) is 5.75 Å². The van der Waals surface area contributed by atoms with Crippen LogP contribution in [0.2, 0.25) is 0 Å². The summed E-state index contributed by atoms with van der Waals surface area (Å²) in [7, 11) is 0. The van der Waals surface area contributed by atoms with Gasteiger partial charge in [0, 0.05) is 31.2 Å². The van der Waals surface area contributed by atoms with Crippen molar-refractivity contribution >= 4 is 29.7 Å². The van der Waals surface area contributed by atoms with Crippen LogP contribution in [0.3, 0.4) is 0 Å². The Labute approximate surface area is 216 Å². The first-order valence-corrected chi connectivity index (χ1v) is 11.5. The molecule has 0 bridgehead atoms. The van der Waals surface area contributed by atoms with Crippen molar-refractivity contribution in [3.63, 3.8) is 0 Å². The van der Waals surface area contributed by atoms with Crippen molar-refractivity contribution in [2.24, 2.45) is 5.73 Å². The average Bonchev–Trinajstić information content (AvgIpc) is 3.39. The van der Waals surface area contributed by atoms with Crippen LogP contribution in [0.15, 0.2) is 36.8 Å². The smallest absolute Gasteiger partial charge is 0.326 e. The number of amides is 3. The molecule has 10 N–H and O–H groups in total. The Hall–Kier alpha value is -4.50. The number of benzene rings is 1. The van der Waals surface area contributed by atoms with Crippen molar-refractivity contribution < 1.29 is 44.4 Å². The topological polar surface area (TPSA) is 257 Å². The van der Waals surface area contributed by atoms with E-state index >= 15 is 0 Å². The molecular formula is C23H30N6O9. The summed E-state index contributed by atoms with van der Waals surface area (Å²) < 4.78 is 0. The maximum Gasteiger partial charge on any atom is 0.326 e. The molecule has 1 aromatic heterocycles. The number of hydrogen-bond donors (Lipinski definition) is 9. The number of carbonyl (C=O) groups excluding carboxylic acids is 3. The van der Waals surface area contributed by atoms with E-state index in [4.69, 9.17) is 15.9 Å². The standard InChI is InChI=1S/C23H30N6O9/c24-15(10-30)20(34)28-17(7-12-1-3-14(31)4-2-12)22(36)27-16(5-6-19(32)33)21(35)29-18(23(37)38)8-13-9-25-11-26-13/h1-4,9,11,15-18,30-31H,5-8,10,24H2,(H,25,26)(H,27,36)(H,28,34)(H,29,35)(H,32,33)(H,37,38). The number of nitrogens with one attached hydrogen (secondary N) is 4. The van der Waals surface area contributed by atoms with Gasteiger partial charge in [-0.05, 0) is 24.1 Å². The number of nitrogens with two attached hydrogens (primary N) is 1. The van der Waals surface area contributed by atoms with Crippen LogP contribution in [0.4, 0.5) is 0 Å². The van der Waals surface area contributed by atoms with Crippen LogP contribution in [0, 0.1) is 0 Å². The lowest BCUT2D eigenvalue weighted by atomic mass is 10.0. The van der Waals surface area contributed by atoms with Crippen molar-refractivity contribution in [3.05, 3.63) is 48.0 Å². The summed E-state index contributed by atoms with van der Waals surface area (Å²) in [5.41, 5.74) is 6.46. The van der Waals surface area contributed by atoms with Crippen LogP contribution in [0.5, 0.6) is 5.75 Å². The molecule has 206 valence electrons. The van der Waals surface area contributed by atoms with Gasteiger partial charge in [-0.1, -0.05) is 12.1 Å². The van der Waals surface area contributed by atoms with Crippen molar-refractivity contribution in [2.45, 2.75) is 49.9 Å². The van der Waals surface area contributed by atoms with Crippen LogP contribution >= 0.6 is 0 Å². The van der Waals surface area contributed by atoms with Gasteiger partial charge in [-0.15, -0.1) is 0 Å². The third kappa shape index (κ3) is 9.51. The zero-order valence-electron chi connectivity index (χ0n) is 20.2. The fourth-order valence-electron chi connectivity index (χ4n) is 3.34. The van der Waals surface area contributed by atoms with E-state index in [1.807, 2.05) is 0 Å². The maximum absolute atomic E-state index is 13.2. The van der Waals surface area contributed by atoms with Gasteiger partial charge in [0.25, 0.3) is 0 Å². The Morgan fingerprint density at radius 3 is 2.05 bits per heavy atom. The van der Waals surface area contributed by atoms with E-state index in [1.54, 1.807) is 0 Å². The highest BCUT2D eigenvalue weighted by atomic mass is 16.4. The minimum absolute atomic E-state index is 0.0328. The summed E-state index contributed by atoms with van der Waals surface area (Å²) in [6, 6.07) is 0.181. The fourth-order valence-corrected chi connectivity index (χ4v) is 3.34. The van der Waals surface area contributed by atoms with Crippen molar-refractivity contribution in [2.75, 3.05) is 6.61 Å². The number of rotatable bonds is 15. The Morgan fingerprint density at radius 2 is 1.50 bits per heavy atom. The van der Waals surface area contributed by atoms with Gasteiger partial charge in [-0.2, -0.15) is 0 Å². The third-order valence-corrected chi connectivity index (χ3v) is 5.42. The molecule has 0 aliphatic heterocycles. The summed E-state index contributed by atoms with van der Waals surface area (Å²) in [5.74, 6) is -5.35. The number of carboxylic acid groups (broad SMARTS) is 2. The molecule has 2 aromatic rings. The predicted octanol–water partition coefficient (Wildman–Crippen LogP) is -2.38. The molecule has 4 unspecified atom stereocenters. The Bertz CT molecular complexity index is 1110. The number of aromatic nitrogens is 2. The quantitative estimate of drug-likeness (QED) is 0.117. The molecule has 0 radical (unpaired) electrons. The number of hydrogen-bond acceptors (Lipinski definition) is 9. The van der Waals surface area contributed by atoms with Gasteiger partial charge < -0.3 is 47.1 Å². The van der Waals surface area contributed by atoms with Gasteiger partial charge in [-0.3, -0.25) is 19.2 Å². The number of imidazole rings is 1. The maximum atomic E-state index is 13.2. The molecule has 1 heterocycles. The number of aliphatic carboxylic acids is 2. The minimum Gasteiger partial charge on any atom is -0.508 e. The number of nitrogens with zero attached hydrogens (tertiary/aromatic N) is 1. The molecule has 2 rings (SSSR count). The third-order valence-electron chi connectivity index (χ3n) is 5.42. The van der Waals surface area contributed by atoms with Gasteiger partial charge >= 0.3 is 11.9 Å². The van der Waals surface area contributed by atoms with Gasteiger partial charge in [-0.25, -0.2) is 9.78 Å². The average molecular weight is 535 g/mol. The monoisotopic (exact) mass is 534 g/mol. The molecule has 0 saturated carbocycles. The number of phenols is 1. The van der Waals surface area contributed by atoms with Crippen LogP contribution in [-0.4, -0.2) is 90.8 Å². The molecule has 0 aliphatic carbocycles. The molecule has 0 aliphatic rings. The summed E-state index contributed by atoms with van der Waals surface area (Å²) in [6.07, 6.45) is 1.54. The van der Waals surface area contributed by atoms with E-state index in [0.29, 0.717) is 11.3 Å². The number of aromatic amines is 1. The second kappa shape index (κ2) is 14.3. The highest BCUT2D eigenvalue weighted by Crippen LogP contribution is 2.12. The van der Waals surface area contributed by atoms with Crippen molar-refractivity contribution in [1.82, 2.24) is 25.9 Å². The zero-order valence-corrected chi connectivity index (χ0v) is 20.2. The lowest BCUT2D eigenvalue weighted by Crippen LogP contribution is -2.58. The number of H-pyrrole nitrogens is 1. The molecule has 1 aromatic carbocycles. The molecule has 4 atom stereocenters. The summed E-state index contributed by atoms with van der Waals surface area (Å²) in [5, 5.41) is 44.3. The van der Waals surface area contributed by atoms with Gasteiger partial charge in [0.2, 0.25) is 17.7 Å². The molecule has 0 saturated heterocycles. The molecule has 15 nitrogen and oxygen atoms in total. The first-order chi connectivity index (χ1) is 18.0. The minimum atomic E-state index is -1.46. The number of aliphatic hydroxyl groups is 1. The van der Waals surface area contributed by atoms with Gasteiger partial charge in [0.05, 0.1) is 12.9 Å². The molecule has 0 spiro atoms. The van der Waals surface area contributed by atoms with Crippen LogP contribution in [0.1, 0.15) is 24.1 Å². The lowest BCUT2D eigenvalue weighted by molar-refractivity contribution is -0.143. The van der Waals surface area contributed by atoms with E-state index < -0.39 is 66.9 Å². The normalized spacial score (nSPS) is 13.9. The summed E-state index contributed by atoms with van der Waals surface area (Å²) in [6.45, 7) is -0.698. The lowest BCUT2D eigenvalue weighted by Gasteiger charge is -2.25.